The summed E-state index contributed by atoms with van der Waals surface area (Å²) in [5.41, 5.74) is 0. The zero-order valence-corrected chi connectivity index (χ0v) is 26.5. The van der Waals surface area contributed by atoms with Gasteiger partial charge in [-0.15, -0.1) is 0 Å². The first-order valence-corrected chi connectivity index (χ1v) is 15.2. The van der Waals surface area contributed by atoms with Gasteiger partial charge in [-0.1, -0.05) is 13.3 Å². The molecule has 7 amide bonds. The van der Waals surface area contributed by atoms with E-state index >= 15 is 0 Å². The van der Waals surface area contributed by atoms with Crippen molar-refractivity contribution in [1.82, 2.24) is 42.1 Å². The number of carbonyl (C=O) groups excluding carboxylic acids is 9. The fraction of sp³-hybridized carbons (Fsp3) is 0.679. The second-order valence-electron chi connectivity index (χ2n) is 10.7. The van der Waals surface area contributed by atoms with E-state index in [0.29, 0.717) is 25.4 Å². The molecule has 19 heteroatoms. The predicted octanol–water partition coefficient (Wildman–Crippen LogP) is -5.67. The number of aliphatic hydroxyl groups excluding tert-OH is 2. The second-order valence-corrected chi connectivity index (χ2v) is 10.7. The Morgan fingerprint density at radius 3 is 2.09 bits per heavy atom. The normalized spacial score (nSPS) is 16.4. The molecule has 0 aliphatic carbocycles. The highest BCUT2D eigenvalue weighted by molar-refractivity contribution is 5.96. The molecule has 0 aromatic rings. The number of rotatable bonds is 22. The average molecular weight is 671 g/mol. The molecule has 5 unspecified atom stereocenters. The number of hydrogen-bond acceptors (Lipinski definition) is 12. The molecule has 0 aromatic heterocycles. The minimum Gasteiger partial charge on any atom is -0.394 e. The minimum absolute atomic E-state index is 0.108. The van der Waals surface area contributed by atoms with Crippen LogP contribution in [0.5, 0.6) is 0 Å². The van der Waals surface area contributed by atoms with Crippen molar-refractivity contribution in [2.24, 2.45) is 0 Å². The number of likely N-dealkylation sites (tertiary alicyclic amines) is 1. The number of aldehydes is 2. The van der Waals surface area contributed by atoms with E-state index in [0.717, 1.165) is 0 Å². The van der Waals surface area contributed by atoms with Crippen LogP contribution in [0.2, 0.25) is 0 Å². The maximum atomic E-state index is 13.2. The maximum absolute atomic E-state index is 13.2. The van der Waals surface area contributed by atoms with Crippen LogP contribution in [0.3, 0.4) is 0 Å². The molecule has 5 atom stereocenters. The third kappa shape index (κ3) is 14.6. The summed E-state index contributed by atoms with van der Waals surface area (Å²) in [6.07, 6.45) is 0.201. The van der Waals surface area contributed by atoms with Crippen LogP contribution in [0, 0.1) is 0 Å². The number of nitrogens with one attached hydrogen (secondary N) is 7. The van der Waals surface area contributed by atoms with Crippen molar-refractivity contribution in [2.75, 3.05) is 46.4 Å². The van der Waals surface area contributed by atoms with E-state index in [2.05, 4.69) is 37.2 Å². The highest BCUT2D eigenvalue weighted by Crippen LogP contribution is 2.20. The molecular weight excluding hydrogens is 624 g/mol. The molecule has 0 radical (unpaired) electrons. The lowest BCUT2D eigenvalue weighted by Crippen LogP contribution is -2.57. The topological polar surface area (TPSA) is 282 Å². The summed E-state index contributed by atoms with van der Waals surface area (Å²) in [6, 6.07) is -4.65. The van der Waals surface area contributed by atoms with Crippen LogP contribution in [-0.4, -0.2) is 146 Å². The highest BCUT2D eigenvalue weighted by atomic mass is 16.3. The van der Waals surface area contributed by atoms with E-state index in [4.69, 9.17) is 0 Å². The third-order valence-corrected chi connectivity index (χ3v) is 6.95. The lowest BCUT2D eigenvalue weighted by molar-refractivity contribution is -0.142. The summed E-state index contributed by atoms with van der Waals surface area (Å²) >= 11 is 0. The Hall–Kier alpha value is -4.49. The molecule has 1 saturated heterocycles. The number of carbonyl (C=O) groups is 9. The average Bonchev–Trinajstić information content (AvgIpc) is 3.54. The van der Waals surface area contributed by atoms with Crippen LogP contribution in [0.4, 0.5) is 0 Å². The zero-order valence-electron chi connectivity index (χ0n) is 26.5. The minimum atomic E-state index is -1.45. The van der Waals surface area contributed by atoms with E-state index < -0.39 is 97.7 Å². The Bertz CT molecular complexity index is 1120. The monoisotopic (exact) mass is 670 g/mol. The summed E-state index contributed by atoms with van der Waals surface area (Å²) in [4.78, 5) is 111. The van der Waals surface area contributed by atoms with Gasteiger partial charge >= 0.3 is 0 Å². The molecule has 264 valence electrons. The Balaban J connectivity index is 2.81. The second kappa shape index (κ2) is 22.1. The molecule has 9 N–H and O–H groups in total. The SMILES string of the molecule is CCCC(NC(=O)CNC(=O)CNC(=O)C(CC(O)CO)NC(=O)C1CCCN1C(=O)C(CC=O)NC(=O)CNC)C(=O)NCC=O. The first-order valence-electron chi connectivity index (χ1n) is 15.2. The third-order valence-electron chi connectivity index (χ3n) is 6.95. The van der Waals surface area contributed by atoms with E-state index in [1.54, 1.807) is 6.92 Å². The van der Waals surface area contributed by atoms with Crippen LogP contribution < -0.4 is 37.2 Å². The number of nitrogens with zero attached hydrogens (tertiary/aromatic N) is 1. The largest absolute Gasteiger partial charge is 0.394 e. The molecule has 1 aliphatic heterocycles. The Morgan fingerprint density at radius 2 is 1.47 bits per heavy atom. The number of amides is 7. The Kier molecular flexibility index (Phi) is 19.1. The summed E-state index contributed by atoms with van der Waals surface area (Å²) < 4.78 is 0. The lowest BCUT2D eigenvalue weighted by atomic mass is 10.1. The van der Waals surface area contributed by atoms with Gasteiger partial charge in [-0.3, -0.25) is 33.6 Å². The number of hydrogen-bond donors (Lipinski definition) is 9. The summed E-state index contributed by atoms with van der Waals surface area (Å²) in [7, 11) is 1.52. The van der Waals surface area contributed by atoms with Crippen molar-refractivity contribution in [1.29, 1.82) is 0 Å². The highest BCUT2D eigenvalue weighted by Gasteiger charge is 2.39. The summed E-state index contributed by atoms with van der Waals surface area (Å²) in [5, 5.41) is 36.1. The van der Waals surface area contributed by atoms with Crippen molar-refractivity contribution in [2.45, 2.75) is 75.7 Å². The smallest absolute Gasteiger partial charge is 0.246 e. The number of likely N-dealkylation sites (N-methyl/N-ethyl adjacent to an activating group) is 1. The van der Waals surface area contributed by atoms with Gasteiger partial charge in [-0.25, -0.2) is 0 Å². The fourth-order valence-corrected chi connectivity index (χ4v) is 4.67. The van der Waals surface area contributed by atoms with Gasteiger partial charge in [-0.05, 0) is 26.3 Å². The van der Waals surface area contributed by atoms with Crippen molar-refractivity contribution < 1.29 is 53.4 Å². The summed E-state index contributed by atoms with van der Waals surface area (Å²) in [5.74, 6) is -4.94. The lowest BCUT2D eigenvalue weighted by Gasteiger charge is -2.29. The fourth-order valence-electron chi connectivity index (χ4n) is 4.67. The van der Waals surface area contributed by atoms with Gasteiger partial charge in [0, 0.05) is 19.4 Å². The van der Waals surface area contributed by atoms with Gasteiger partial charge in [0.1, 0.15) is 36.7 Å². The molecule has 0 spiro atoms. The predicted molar refractivity (Wildman–Crippen MR) is 163 cm³/mol. The van der Waals surface area contributed by atoms with Crippen LogP contribution in [0.15, 0.2) is 0 Å². The van der Waals surface area contributed by atoms with Gasteiger partial charge in [0.25, 0.3) is 0 Å². The first-order chi connectivity index (χ1) is 22.4. The number of aliphatic hydroxyl groups is 2. The van der Waals surface area contributed by atoms with E-state index in [9.17, 15) is 53.4 Å². The van der Waals surface area contributed by atoms with Crippen molar-refractivity contribution in [3.8, 4) is 0 Å². The van der Waals surface area contributed by atoms with Gasteiger partial charge in [-0.2, -0.15) is 0 Å². The molecule has 0 bridgehead atoms. The Labute approximate surface area is 271 Å². The van der Waals surface area contributed by atoms with Crippen LogP contribution in [0.25, 0.3) is 0 Å². The molecule has 0 saturated carbocycles. The van der Waals surface area contributed by atoms with E-state index in [1.807, 2.05) is 0 Å². The quantitative estimate of drug-likeness (QED) is 0.0488. The Morgan fingerprint density at radius 1 is 0.830 bits per heavy atom. The first kappa shape index (κ1) is 40.5. The molecule has 0 aromatic carbocycles. The van der Waals surface area contributed by atoms with Gasteiger partial charge in [0.2, 0.25) is 41.4 Å². The summed E-state index contributed by atoms with van der Waals surface area (Å²) in [6.45, 7) is -0.323. The van der Waals surface area contributed by atoms with Crippen molar-refractivity contribution in [3.05, 3.63) is 0 Å². The van der Waals surface area contributed by atoms with E-state index in [1.165, 1.54) is 11.9 Å². The van der Waals surface area contributed by atoms with Gasteiger partial charge < -0.3 is 61.9 Å². The van der Waals surface area contributed by atoms with Crippen molar-refractivity contribution in [3.63, 3.8) is 0 Å². The van der Waals surface area contributed by atoms with E-state index in [-0.39, 0.29) is 38.9 Å². The van der Waals surface area contributed by atoms with Crippen LogP contribution in [-0.2, 0) is 43.2 Å². The van der Waals surface area contributed by atoms with Crippen molar-refractivity contribution >= 4 is 53.9 Å². The molecular formula is C28H46N8O11. The molecule has 1 fully saturated rings. The standard InChI is InChI=1S/C28H46N8O11/c1-3-5-18(25(44)30-8-11-38)33-24(43)15-31-22(41)14-32-26(45)20(12-17(40)16-39)35-27(46)21-6-4-9-36(21)28(47)19(7-10-37)34-23(42)13-29-2/h10-11,17-21,29,39-40H,3-9,12-16H2,1-2H3,(H,30,44)(H,31,41)(H,32,45)(H,33,43)(H,34,42)(H,35,46). The van der Waals surface area contributed by atoms with Crippen LogP contribution >= 0.6 is 0 Å². The van der Waals surface area contributed by atoms with Crippen LogP contribution in [0.1, 0.15) is 45.4 Å². The maximum Gasteiger partial charge on any atom is 0.246 e. The molecule has 1 aliphatic rings. The molecule has 1 rings (SSSR count). The molecule has 47 heavy (non-hydrogen) atoms. The molecule has 19 nitrogen and oxygen atoms in total. The zero-order chi connectivity index (χ0) is 35.4. The van der Waals surface area contributed by atoms with Gasteiger partial charge in [0.15, 0.2) is 0 Å². The van der Waals surface area contributed by atoms with Gasteiger partial charge in [0.05, 0.1) is 38.9 Å². The molecule has 1 heterocycles.